The van der Waals surface area contributed by atoms with Crippen LogP contribution in [0.5, 0.6) is 5.75 Å². The monoisotopic (exact) mass is 459 g/mol. The van der Waals surface area contributed by atoms with Gasteiger partial charge in [-0.1, -0.05) is 60.1 Å². The number of carbonyl (C=O) groups excluding carboxylic acids is 2. The second-order valence-corrected chi connectivity index (χ2v) is 6.55. The van der Waals surface area contributed by atoms with E-state index in [0.717, 1.165) is 30.6 Å². The molecule has 7 nitrogen and oxygen atoms in total. The summed E-state index contributed by atoms with van der Waals surface area (Å²) in [4.78, 5) is 28.6. The van der Waals surface area contributed by atoms with Gasteiger partial charge in [0, 0.05) is 11.8 Å². The number of primary amides is 1. The number of rotatable bonds is 2. The standard InChI is InChI=1S/C20H23N3O4.3C2H6/c21-19(25)18(24)16-9-2-1-3-11-27-14-7-4-6-13(12-14)17-15(20(26)23-16)8-5-10-22-17;3*1-2/h4-8,10,12,16,18,24H,1-3,9,11H2,(H2,21,25)(H,23,26);3*1-2H3/t16-,18?;;;/m0.../s1. The summed E-state index contributed by atoms with van der Waals surface area (Å²) in [5.74, 6) is -0.542. The van der Waals surface area contributed by atoms with E-state index in [2.05, 4.69) is 10.3 Å². The molecule has 2 heterocycles. The summed E-state index contributed by atoms with van der Waals surface area (Å²) in [6, 6.07) is 10.0. The summed E-state index contributed by atoms with van der Waals surface area (Å²) in [5, 5.41) is 12.9. The van der Waals surface area contributed by atoms with E-state index < -0.39 is 24.0 Å². The lowest BCUT2D eigenvalue weighted by atomic mass is 10.0. The fourth-order valence-electron chi connectivity index (χ4n) is 3.14. The van der Waals surface area contributed by atoms with Gasteiger partial charge in [0.2, 0.25) is 5.91 Å². The van der Waals surface area contributed by atoms with Crippen LogP contribution in [-0.4, -0.2) is 40.7 Å². The van der Waals surface area contributed by atoms with Crippen molar-refractivity contribution < 1.29 is 19.4 Å². The molecule has 0 radical (unpaired) electrons. The van der Waals surface area contributed by atoms with E-state index in [1.165, 1.54) is 0 Å². The predicted octanol–water partition coefficient (Wildman–Crippen LogP) is 4.72. The molecule has 2 aromatic rings. The highest BCUT2D eigenvalue weighted by Gasteiger charge is 2.27. The fraction of sp³-hybridized carbons (Fsp3) is 0.500. The number of nitrogens with two attached hydrogens (primary N) is 1. The SMILES string of the molecule is CC.CC.CC.NC(=O)C(O)[C@@H]1CCCCCOc2cccc(c2)-c2ncccc2C(=O)N1. The molecule has 1 unspecified atom stereocenters. The van der Waals surface area contributed by atoms with Crippen molar-refractivity contribution in [2.45, 2.75) is 79.4 Å². The largest absolute Gasteiger partial charge is 0.494 e. The number of amides is 2. The van der Waals surface area contributed by atoms with Crippen molar-refractivity contribution in [1.29, 1.82) is 0 Å². The molecule has 1 aromatic heterocycles. The smallest absolute Gasteiger partial charge is 0.253 e. The molecule has 4 N–H and O–H groups in total. The Labute approximate surface area is 198 Å². The zero-order valence-corrected chi connectivity index (χ0v) is 20.9. The van der Waals surface area contributed by atoms with Gasteiger partial charge in [0.1, 0.15) is 5.75 Å². The van der Waals surface area contributed by atoms with E-state index in [1.54, 1.807) is 18.3 Å². The number of aliphatic hydroxyl groups excluding tert-OH is 1. The van der Waals surface area contributed by atoms with Crippen molar-refractivity contribution in [3.8, 4) is 17.0 Å². The number of hydrogen-bond donors (Lipinski definition) is 3. The van der Waals surface area contributed by atoms with Crippen LogP contribution in [-0.2, 0) is 4.79 Å². The van der Waals surface area contributed by atoms with Crippen LogP contribution in [0, 0.1) is 0 Å². The zero-order valence-electron chi connectivity index (χ0n) is 20.9. The first-order valence-electron chi connectivity index (χ1n) is 12.0. The summed E-state index contributed by atoms with van der Waals surface area (Å²) in [6.45, 7) is 12.6. The number of carbonyl (C=O) groups is 2. The average molecular weight is 460 g/mol. The maximum absolute atomic E-state index is 12.9. The van der Waals surface area contributed by atoms with Crippen molar-refractivity contribution >= 4 is 11.8 Å². The van der Waals surface area contributed by atoms with E-state index in [-0.39, 0.29) is 0 Å². The average Bonchev–Trinajstić information content (AvgIpc) is 2.88. The van der Waals surface area contributed by atoms with Crippen LogP contribution in [0.1, 0.15) is 77.6 Å². The molecule has 7 heteroatoms. The van der Waals surface area contributed by atoms with E-state index in [1.807, 2.05) is 65.8 Å². The van der Waals surface area contributed by atoms with Gasteiger partial charge in [0.25, 0.3) is 5.91 Å². The number of nitrogens with one attached hydrogen (secondary N) is 1. The molecular formula is C26H41N3O4. The van der Waals surface area contributed by atoms with E-state index in [9.17, 15) is 14.7 Å². The van der Waals surface area contributed by atoms with Crippen molar-refractivity contribution in [3.63, 3.8) is 0 Å². The summed E-state index contributed by atoms with van der Waals surface area (Å²) in [5.41, 5.74) is 6.85. The second-order valence-electron chi connectivity index (χ2n) is 6.55. The van der Waals surface area contributed by atoms with Gasteiger partial charge < -0.3 is 20.9 Å². The Morgan fingerprint density at radius 1 is 1.09 bits per heavy atom. The minimum Gasteiger partial charge on any atom is -0.494 e. The van der Waals surface area contributed by atoms with Gasteiger partial charge >= 0.3 is 0 Å². The molecule has 0 spiro atoms. The molecule has 0 aliphatic carbocycles. The van der Waals surface area contributed by atoms with Gasteiger partial charge in [0.05, 0.1) is 23.9 Å². The molecule has 0 saturated carbocycles. The molecule has 3 rings (SSSR count). The van der Waals surface area contributed by atoms with Crippen molar-refractivity contribution in [2.24, 2.45) is 5.73 Å². The van der Waals surface area contributed by atoms with Crippen LogP contribution in [0.3, 0.4) is 0 Å². The highest BCUT2D eigenvalue weighted by atomic mass is 16.5. The van der Waals surface area contributed by atoms with Crippen molar-refractivity contribution in [3.05, 3.63) is 48.2 Å². The first-order chi connectivity index (χ1) is 16.1. The Morgan fingerprint density at radius 2 is 1.79 bits per heavy atom. The summed E-state index contributed by atoms with van der Waals surface area (Å²) >= 11 is 0. The van der Waals surface area contributed by atoms with Crippen LogP contribution in [0.2, 0.25) is 0 Å². The highest BCUT2D eigenvalue weighted by molar-refractivity contribution is 6.00. The lowest BCUT2D eigenvalue weighted by Gasteiger charge is -2.23. The van der Waals surface area contributed by atoms with E-state index in [0.29, 0.717) is 24.3 Å². The Morgan fingerprint density at radius 3 is 2.45 bits per heavy atom. The second kappa shape index (κ2) is 17.6. The maximum Gasteiger partial charge on any atom is 0.253 e. The van der Waals surface area contributed by atoms with Crippen LogP contribution in [0.4, 0.5) is 0 Å². The fourth-order valence-corrected chi connectivity index (χ4v) is 3.14. The third-order valence-electron chi connectivity index (χ3n) is 4.58. The molecule has 184 valence electrons. The Kier molecular flexibility index (Phi) is 16.0. The predicted molar refractivity (Wildman–Crippen MR) is 134 cm³/mol. The summed E-state index contributed by atoms with van der Waals surface area (Å²) < 4.78 is 5.79. The quantitative estimate of drug-likeness (QED) is 0.601. The van der Waals surface area contributed by atoms with Crippen molar-refractivity contribution in [2.75, 3.05) is 6.61 Å². The third-order valence-corrected chi connectivity index (χ3v) is 4.58. The highest BCUT2D eigenvalue weighted by Crippen LogP contribution is 2.26. The first-order valence-corrected chi connectivity index (χ1v) is 12.0. The first kappa shape index (κ1) is 30.1. The Hall–Kier alpha value is -2.93. The molecule has 2 amide bonds. The number of fused-ring (bicyclic) bond motifs is 4. The number of aromatic nitrogens is 1. The number of benzene rings is 1. The number of pyridine rings is 1. The number of hydrogen-bond acceptors (Lipinski definition) is 5. The normalized spacial score (nSPS) is 16.1. The van der Waals surface area contributed by atoms with Gasteiger partial charge in [-0.3, -0.25) is 14.6 Å². The van der Waals surface area contributed by atoms with Gasteiger partial charge in [-0.05, 0) is 43.5 Å². The lowest BCUT2D eigenvalue weighted by molar-refractivity contribution is -0.127. The molecule has 1 aromatic carbocycles. The lowest BCUT2D eigenvalue weighted by Crippen LogP contribution is -2.49. The number of aliphatic hydroxyl groups is 1. The minimum atomic E-state index is -1.44. The van der Waals surface area contributed by atoms with Crippen molar-refractivity contribution in [1.82, 2.24) is 10.3 Å². The van der Waals surface area contributed by atoms with Gasteiger partial charge in [-0.15, -0.1) is 0 Å². The molecule has 0 saturated heterocycles. The molecular weight excluding hydrogens is 418 g/mol. The maximum atomic E-state index is 12.9. The molecule has 1 aliphatic heterocycles. The number of nitrogens with zero attached hydrogens (tertiary/aromatic N) is 1. The van der Waals surface area contributed by atoms with Crippen LogP contribution >= 0.6 is 0 Å². The Bertz CT molecular complexity index is 827. The van der Waals surface area contributed by atoms with Crippen LogP contribution in [0.25, 0.3) is 11.3 Å². The molecule has 1 aliphatic rings. The summed E-state index contributed by atoms with van der Waals surface area (Å²) in [7, 11) is 0. The molecule has 33 heavy (non-hydrogen) atoms. The summed E-state index contributed by atoms with van der Waals surface area (Å²) in [6.07, 6.45) is 3.00. The third kappa shape index (κ3) is 9.61. The van der Waals surface area contributed by atoms with Crippen LogP contribution in [0.15, 0.2) is 42.6 Å². The van der Waals surface area contributed by atoms with Gasteiger partial charge in [-0.25, -0.2) is 0 Å². The topological polar surface area (TPSA) is 115 Å². The van der Waals surface area contributed by atoms with E-state index >= 15 is 0 Å². The van der Waals surface area contributed by atoms with E-state index in [4.69, 9.17) is 10.5 Å². The van der Waals surface area contributed by atoms with Crippen LogP contribution < -0.4 is 15.8 Å². The minimum absolute atomic E-state index is 0.355. The number of ether oxygens (including phenoxy) is 1. The van der Waals surface area contributed by atoms with Gasteiger partial charge in [0.15, 0.2) is 6.10 Å². The molecule has 0 fully saturated rings. The molecule has 2 bridgehead atoms. The van der Waals surface area contributed by atoms with Gasteiger partial charge in [-0.2, -0.15) is 0 Å². The Balaban J connectivity index is 0.00000158. The molecule has 2 atom stereocenters. The zero-order chi connectivity index (χ0) is 25.2.